The van der Waals surface area contributed by atoms with E-state index in [0.717, 1.165) is 42.5 Å². The summed E-state index contributed by atoms with van der Waals surface area (Å²) in [7, 11) is 2.07. The van der Waals surface area contributed by atoms with Crippen LogP contribution in [0.2, 0.25) is 0 Å². The number of carbonyl (C=O) groups excluding carboxylic acids is 1. The molecule has 1 aromatic carbocycles. The SMILES string of the molecule is CC1CC(OCCCN2C(O)C3C(C(=O)C2(C)C)C3c2ccc(C#N)c(C3CCC3)c2)C(Cl)C=C1C1=CCN(C)C=C1. The summed E-state index contributed by atoms with van der Waals surface area (Å²) < 4.78 is 6.30. The van der Waals surface area contributed by atoms with Gasteiger partial charge in [0.05, 0.1) is 28.7 Å². The van der Waals surface area contributed by atoms with Gasteiger partial charge >= 0.3 is 0 Å². The average molecular weight is 590 g/mol. The van der Waals surface area contributed by atoms with Gasteiger partial charge in [-0.1, -0.05) is 37.6 Å². The maximum Gasteiger partial charge on any atom is 0.156 e. The number of allylic oxidation sites excluding steroid dienone is 3. The van der Waals surface area contributed by atoms with E-state index in [-0.39, 0.29) is 35.0 Å². The van der Waals surface area contributed by atoms with Crippen LogP contribution >= 0.6 is 11.6 Å². The van der Waals surface area contributed by atoms with Crippen molar-refractivity contribution in [3.8, 4) is 6.07 Å². The molecule has 3 aliphatic carbocycles. The van der Waals surface area contributed by atoms with Crippen LogP contribution in [0, 0.1) is 29.1 Å². The number of ether oxygens (including phenoxy) is 1. The number of likely N-dealkylation sites (N-methyl/N-ethyl adjacent to an activating group) is 1. The van der Waals surface area contributed by atoms with Gasteiger partial charge in [0, 0.05) is 44.5 Å². The van der Waals surface area contributed by atoms with Gasteiger partial charge in [-0.15, -0.1) is 11.6 Å². The van der Waals surface area contributed by atoms with Crippen molar-refractivity contribution in [2.45, 2.75) is 88.0 Å². The van der Waals surface area contributed by atoms with Crippen LogP contribution in [-0.2, 0) is 9.53 Å². The van der Waals surface area contributed by atoms with Crippen LogP contribution in [0.1, 0.15) is 81.4 Å². The second-order valence-electron chi connectivity index (χ2n) is 13.6. The number of aliphatic hydroxyl groups excluding tert-OH is 1. The third-order valence-electron chi connectivity index (χ3n) is 10.6. The van der Waals surface area contributed by atoms with Gasteiger partial charge in [0.1, 0.15) is 6.23 Å². The fourth-order valence-electron chi connectivity index (χ4n) is 7.77. The number of nitriles is 1. The molecular formula is C35H44ClN3O3. The van der Waals surface area contributed by atoms with Crippen LogP contribution in [0.5, 0.6) is 0 Å². The number of benzene rings is 1. The molecule has 7 heteroatoms. The molecule has 0 bridgehead atoms. The molecule has 1 N–H and O–H groups in total. The molecule has 7 atom stereocenters. The molecule has 2 aliphatic heterocycles. The smallest absolute Gasteiger partial charge is 0.156 e. The summed E-state index contributed by atoms with van der Waals surface area (Å²) in [5, 5.41) is 21.0. The van der Waals surface area contributed by atoms with Crippen molar-refractivity contribution in [2.24, 2.45) is 17.8 Å². The Balaban J connectivity index is 1.07. The van der Waals surface area contributed by atoms with Gasteiger partial charge in [0.2, 0.25) is 0 Å². The van der Waals surface area contributed by atoms with Crippen LogP contribution in [0.15, 0.2) is 53.8 Å². The van der Waals surface area contributed by atoms with E-state index in [1.807, 2.05) is 30.9 Å². The topological polar surface area (TPSA) is 76.8 Å². The van der Waals surface area contributed by atoms with Crippen LogP contribution < -0.4 is 0 Å². The lowest BCUT2D eigenvalue weighted by atomic mass is 9.77. The summed E-state index contributed by atoms with van der Waals surface area (Å²) in [5.74, 6) is 0.748. The number of ketones is 1. The van der Waals surface area contributed by atoms with Gasteiger partial charge in [0.25, 0.3) is 0 Å². The first kappa shape index (κ1) is 29.6. The second-order valence-corrected chi connectivity index (χ2v) is 14.1. The first-order chi connectivity index (χ1) is 20.1. The summed E-state index contributed by atoms with van der Waals surface area (Å²) in [6, 6.07) is 8.43. The standard InChI is InChI=1S/C35H44ClN3O3/c1-21-17-29(28(36)19-26(21)23-11-14-38(4)15-12-23)42-16-6-13-39-34(41)32-30(31(32)33(40)35(39,2)3)24-9-10-25(20-37)27(18-24)22-7-5-8-22/h9-12,14,18-19,21-22,28-32,34,41H,5-8,13,15-17H2,1-4H3. The van der Waals surface area contributed by atoms with E-state index >= 15 is 0 Å². The second kappa shape index (κ2) is 11.6. The summed E-state index contributed by atoms with van der Waals surface area (Å²) >= 11 is 6.79. The lowest BCUT2D eigenvalue weighted by Gasteiger charge is -2.44. The summed E-state index contributed by atoms with van der Waals surface area (Å²) in [5.41, 5.74) is 4.77. The molecule has 2 heterocycles. The molecule has 0 radical (unpaired) electrons. The van der Waals surface area contributed by atoms with E-state index in [1.54, 1.807) is 0 Å². The number of piperidine rings is 1. The maximum atomic E-state index is 13.7. The van der Waals surface area contributed by atoms with Crippen molar-refractivity contribution in [1.82, 2.24) is 9.80 Å². The predicted molar refractivity (Wildman–Crippen MR) is 165 cm³/mol. The average Bonchev–Trinajstić information content (AvgIpc) is 3.68. The third kappa shape index (κ3) is 5.28. The fourth-order valence-corrected chi connectivity index (χ4v) is 8.08. The third-order valence-corrected chi connectivity index (χ3v) is 11.0. The predicted octanol–water partition coefficient (Wildman–Crippen LogP) is 5.87. The monoisotopic (exact) mass is 589 g/mol. The Labute approximate surface area is 255 Å². The number of hydrogen-bond donors (Lipinski definition) is 1. The quantitative estimate of drug-likeness (QED) is 0.302. The number of hydrogen-bond acceptors (Lipinski definition) is 6. The Kier molecular flexibility index (Phi) is 8.17. The fraction of sp³-hybridized carbons (Fsp3) is 0.600. The minimum absolute atomic E-state index is 0.0100. The van der Waals surface area contributed by atoms with Crippen molar-refractivity contribution in [3.63, 3.8) is 0 Å². The number of rotatable bonds is 8. The first-order valence-electron chi connectivity index (χ1n) is 15.7. The summed E-state index contributed by atoms with van der Waals surface area (Å²) in [6.45, 7) is 8.14. The normalized spacial score (nSPS) is 34.3. The molecular weight excluding hydrogens is 546 g/mol. The molecule has 2 saturated carbocycles. The molecule has 0 spiro atoms. The minimum Gasteiger partial charge on any atom is -0.378 e. The zero-order chi connectivity index (χ0) is 29.8. The largest absolute Gasteiger partial charge is 0.378 e. The van der Waals surface area contributed by atoms with Crippen molar-refractivity contribution in [3.05, 3.63) is 70.5 Å². The summed E-state index contributed by atoms with van der Waals surface area (Å²) in [6.07, 6.45) is 13.0. The van der Waals surface area contributed by atoms with Crippen molar-refractivity contribution >= 4 is 17.4 Å². The van der Waals surface area contributed by atoms with Gasteiger partial charge in [-0.2, -0.15) is 5.26 Å². The van der Waals surface area contributed by atoms with Gasteiger partial charge < -0.3 is 14.7 Å². The van der Waals surface area contributed by atoms with Gasteiger partial charge in [-0.3, -0.25) is 9.69 Å². The Hall–Kier alpha value is -2.43. The Morgan fingerprint density at radius 2 is 2.02 bits per heavy atom. The maximum absolute atomic E-state index is 13.7. The molecule has 3 fully saturated rings. The van der Waals surface area contributed by atoms with Crippen LogP contribution in [0.3, 0.4) is 0 Å². The molecule has 5 aliphatic rings. The highest BCUT2D eigenvalue weighted by molar-refractivity contribution is 6.22. The van der Waals surface area contributed by atoms with Crippen LogP contribution in [-0.4, -0.2) is 70.7 Å². The highest BCUT2D eigenvalue weighted by atomic mass is 35.5. The van der Waals surface area contributed by atoms with E-state index in [0.29, 0.717) is 31.4 Å². The van der Waals surface area contributed by atoms with E-state index in [2.05, 4.69) is 55.4 Å². The molecule has 6 rings (SSSR count). The number of likely N-dealkylation sites (tertiary alicyclic amines) is 1. The first-order valence-corrected chi connectivity index (χ1v) is 16.1. The number of nitrogens with zero attached hydrogens (tertiary/aromatic N) is 3. The lowest BCUT2D eigenvalue weighted by Crippen LogP contribution is -2.59. The molecule has 0 amide bonds. The highest BCUT2D eigenvalue weighted by Crippen LogP contribution is 2.62. The number of fused-ring (bicyclic) bond motifs is 1. The van der Waals surface area contributed by atoms with Gasteiger partial charge in [0.15, 0.2) is 5.78 Å². The molecule has 7 unspecified atom stereocenters. The zero-order valence-electron chi connectivity index (χ0n) is 25.3. The number of Topliss-reactive ketones (excluding diaryl/α,β-unsaturated/α-hetero) is 1. The van der Waals surface area contributed by atoms with Crippen LogP contribution in [0.4, 0.5) is 0 Å². The van der Waals surface area contributed by atoms with E-state index in [9.17, 15) is 15.2 Å². The van der Waals surface area contributed by atoms with Crippen molar-refractivity contribution in [1.29, 1.82) is 5.26 Å². The molecule has 1 aromatic rings. The lowest BCUT2D eigenvalue weighted by molar-refractivity contribution is -0.151. The number of carbonyl (C=O) groups is 1. The van der Waals surface area contributed by atoms with Crippen molar-refractivity contribution in [2.75, 3.05) is 26.7 Å². The molecule has 224 valence electrons. The minimum atomic E-state index is -0.750. The zero-order valence-corrected chi connectivity index (χ0v) is 26.1. The molecule has 0 aromatic heterocycles. The van der Waals surface area contributed by atoms with Crippen molar-refractivity contribution < 1.29 is 14.6 Å². The van der Waals surface area contributed by atoms with Gasteiger partial charge in [-0.25, -0.2) is 0 Å². The number of aliphatic hydroxyl groups is 1. The van der Waals surface area contributed by atoms with Crippen LogP contribution in [0.25, 0.3) is 0 Å². The number of halogens is 1. The van der Waals surface area contributed by atoms with E-state index < -0.39 is 11.8 Å². The number of alkyl halides is 1. The Morgan fingerprint density at radius 3 is 2.69 bits per heavy atom. The van der Waals surface area contributed by atoms with Gasteiger partial charge in [-0.05, 0) is 92.0 Å². The summed E-state index contributed by atoms with van der Waals surface area (Å²) in [4.78, 5) is 17.8. The van der Waals surface area contributed by atoms with E-state index in [4.69, 9.17) is 16.3 Å². The van der Waals surface area contributed by atoms with E-state index in [1.165, 1.54) is 17.6 Å². The Bertz CT molecular complexity index is 1360. The molecule has 1 saturated heterocycles. The molecule has 42 heavy (non-hydrogen) atoms. The Morgan fingerprint density at radius 1 is 1.24 bits per heavy atom. The molecule has 6 nitrogen and oxygen atoms in total. The highest BCUT2D eigenvalue weighted by Gasteiger charge is 2.67.